The molecule has 2 fully saturated rings. The second-order valence-corrected chi connectivity index (χ2v) is 5.17. The Morgan fingerprint density at radius 1 is 1.53 bits per heavy atom. The molecule has 5 heteroatoms. The highest BCUT2D eigenvalue weighted by Gasteiger charge is 2.35. The van der Waals surface area contributed by atoms with Gasteiger partial charge in [0.05, 0.1) is 18.2 Å². The van der Waals surface area contributed by atoms with Crippen molar-refractivity contribution in [2.24, 2.45) is 5.92 Å². The maximum absolute atomic E-state index is 12.2. The van der Waals surface area contributed by atoms with E-state index in [1.54, 1.807) is 12.0 Å². The van der Waals surface area contributed by atoms with Gasteiger partial charge in [0.2, 0.25) is 5.91 Å². The van der Waals surface area contributed by atoms with Gasteiger partial charge in [0.15, 0.2) is 0 Å². The molecule has 0 radical (unpaired) electrons. The maximum Gasteiger partial charge on any atom is 0.239 e. The van der Waals surface area contributed by atoms with E-state index in [0.717, 1.165) is 25.9 Å². The molecule has 4 atom stereocenters. The number of amides is 1. The highest BCUT2D eigenvalue weighted by molar-refractivity contribution is 5.82. The Morgan fingerprint density at radius 3 is 2.88 bits per heavy atom. The van der Waals surface area contributed by atoms with E-state index in [4.69, 9.17) is 4.74 Å². The normalized spacial score (nSPS) is 38.4. The van der Waals surface area contributed by atoms with E-state index in [9.17, 15) is 9.90 Å². The van der Waals surface area contributed by atoms with Gasteiger partial charge in [-0.3, -0.25) is 4.79 Å². The lowest BCUT2D eigenvalue weighted by molar-refractivity contribution is -0.137. The summed E-state index contributed by atoms with van der Waals surface area (Å²) in [4.78, 5) is 14.0. The summed E-state index contributed by atoms with van der Waals surface area (Å²) in [6.45, 7) is 3.99. The summed E-state index contributed by atoms with van der Waals surface area (Å²) in [6, 6.07) is -0.138. The van der Waals surface area contributed by atoms with Crippen LogP contribution in [-0.4, -0.2) is 60.9 Å². The van der Waals surface area contributed by atoms with Gasteiger partial charge in [0.1, 0.15) is 0 Å². The number of β-amino-alcohol motifs (C(OH)–C–C–N with tert-alkyl or cyclic N) is 1. The predicted molar refractivity (Wildman–Crippen MR) is 63.6 cm³/mol. The summed E-state index contributed by atoms with van der Waals surface area (Å²) in [5.74, 6) is 0.401. The number of aliphatic hydroxyl groups excluding tert-OH is 1. The second kappa shape index (κ2) is 5.33. The fraction of sp³-hybridized carbons (Fsp3) is 0.917. The van der Waals surface area contributed by atoms with E-state index in [0.29, 0.717) is 12.5 Å². The van der Waals surface area contributed by atoms with Gasteiger partial charge in [-0.2, -0.15) is 0 Å². The molecule has 1 amide bonds. The van der Waals surface area contributed by atoms with Crippen LogP contribution in [0.2, 0.25) is 0 Å². The van der Waals surface area contributed by atoms with E-state index < -0.39 is 0 Å². The third-order valence-corrected chi connectivity index (χ3v) is 3.95. The van der Waals surface area contributed by atoms with Gasteiger partial charge >= 0.3 is 0 Å². The molecule has 0 aliphatic carbocycles. The van der Waals surface area contributed by atoms with Crippen LogP contribution in [0.15, 0.2) is 0 Å². The van der Waals surface area contributed by atoms with E-state index >= 15 is 0 Å². The van der Waals surface area contributed by atoms with Crippen LogP contribution < -0.4 is 5.32 Å². The number of nitrogens with zero attached hydrogens (tertiary/aromatic N) is 1. The van der Waals surface area contributed by atoms with Crippen LogP contribution in [0.1, 0.15) is 19.8 Å². The van der Waals surface area contributed by atoms with Gasteiger partial charge in [0, 0.05) is 26.7 Å². The first-order chi connectivity index (χ1) is 8.11. The van der Waals surface area contributed by atoms with Crippen LogP contribution in [-0.2, 0) is 9.53 Å². The van der Waals surface area contributed by atoms with E-state index in [2.05, 4.69) is 5.32 Å². The van der Waals surface area contributed by atoms with Crippen molar-refractivity contribution in [1.29, 1.82) is 0 Å². The number of nitrogens with one attached hydrogen (secondary N) is 1. The van der Waals surface area contributed by atoms with Crippen molar-refractivity contribution in [2.75, 3.05) is 26.7 Å². The van der Waals surface area contributed by atoms with E-state index in [-0.39, 0.29) is 24.2 Å². The molecule has 2 heterocycles. The lowest BCUT2D eigenvalue weighted by Gasteiger charge is -2.35. The molecule has 17 heavy (non-hydrogen) atoms. The maximum atomic E-state index is 12.2. The summed E-state index contributed by atoms with van der Waals surface area (Å²) < 4.78 is 5.23. The van der Waals surface area contributed by atoms with Crippen LogP contribution >= 0.6 is 0 Å². The highest BCUT2D eigenvalue weighted by Crippen LogP contribution is 2.19. The standard InChI is InChI=1S/C12H22N2O3/c1-8-3-4-14(7-11(8)15)12(16)10-5-9(17-2)6-13-10/h8-11,13,15H,3-7H2,1-2H3. The lowest BCUT2D eigenvalue weighted by Crippen LogP contribution is -2.51. The third-order valence-electron chi connectivity index (χ3n) is 3.95. The Bertz CT molecular complexity index is 285. The van der Waals surface area contributed by atoms with Crippen molar-refractivity contribution < 1.29 is 14.6 Å². The van der Waals surface area contributed by atoms with Crippen molar-refractivity contribution in [3.05, 3.63) is 0 Å². The zero-order chi connectivity index (χ0) is 12.4. The number of aliphatic hydroxyl groups is 1. The molecule has 0 aromatic carbocycles. The smallest absolute Gasteiger partial charge is 0.239 e. The van der Waals surface area contributed by atoms with Crippen LogP contribution in [0.5, 0.6) is 0 Å². The number of ether oxygens (including phenoxy) is 1. The molecular formula is C12H22N2O3. The van der Waals surface area contributed by atoms with Crippen molar-refractivity contribution in [3.63, 3.8) is 0 Å². The van der Waals surface area contributed by atoms with Crippen LogP contribution in [0, 0.1) is 5.92 Å². The number of carbonyl (C=O) groups excluding carboxylic acids is 1. The minimum atomic E-state index is -0.382. The van der Waals surface area contributed by atoms with Gasteiger partial charge in [-0.25, -0.2) is 0 Å². The number of piperidine rings is 1. The van der Waals surface area contributed by atoms with Gasteiger partial charge in [-0.1, -0.05) is 6.92 Å². The average molecular weight is 242 g/mol. The molecule has 0 aromatic rings. The Kier molecular flexibility index (Phi) is 4.01. The third kappa shape index (κ3) is 2.78. The number of carbonyl (C=O) groups is 1. The average Bonchev–Trinajstić information content (AvgIpc) is 2.80. The fourth-order valence-electron chi connectivity index (χ4n) is 2.54. The zero-order valence-electron chi connectivity index (χ0n) is 10.6. The monoisotopic (exact) mass is 242 g/mol. The molecule has 0 saturated carbocycles. The summed E-state index contributed by atoms with van der Waals surface area (Å²) in [6.07, 6.45) is 1.37. The summed E-state index contributed by atoms with van der Waals surface area (Å²) in [7, 11) is 1.67. The van der Waals surface area contributed by atoms with Crippen LogP contribution in [0.3, 0.4) is 0 Å². The summed E-state index contributed by atoms with van der Waals surface area (Å²) in [5.41, 5.74) is 0. The minimum Gasteiger partial charge on any atom is -0.391 e. The number of hydrogen-bond acceptors (Lipinski definition) is 4. The molecular weight excluding hydrogens is 220 g/mol. The molecule has 2 rings (SSSR count). The SMILES string of the molecule is COC1CNC(C(=O)N2CCC(C)C(O)C2)C1. The van der Waals surface area contributed by atoms with E-state index in [1.165, 1.54) is 0 Å². The van der Waals surface area contributed by atoms with Crippen LogP contribution in [0.4, 0.5) is 0 Å². The highest BCUT2D eigenvalue weighted by atomic mass is 16.5. The fourth-order valence-corrected chi connectivity index (χ4v) is 2.54. The Labute approximate surface area is 102 Å². The first-order valence-electron chi connectivity index (χ1n) is 6.35. The number of likely N-dealkylation sites (tertiary alicyclic amines) is 1. The molecule has 2 saturated heterocycles. The molecule has 2 N–H and O–H groups in total. The Morgan fingerprint density at radius 2 is 2.29 bits per heavy atom. The molecule has 0 spiro atoms. The van der Waals surface area contributed by atoms with Crippen molar-refractivity contribution in [2.45, 2.75) is 38.0 Å². The molecule has 2 aliphatic rings. The van der Waals surface area contributed by atoms with Gasteiger partial charge in [0.25, 0.3) is 0 Å². The summed E-state index contributed by atoms with van der Waals surface area (Å²) in [5, 5.41) is 13.0. The van der Waals surface area contributed by atoms with Gasteiger partial charge in [-0.15, -0.1) is 0 Å². The Hall–Kier alpha value is -0.650. The molecule has 2 aliphatic heterocycles. The quantitative estimate of drug-likeness (QED) is 0.691. The van der Waals surface area contributed by atoms with Gasteiger partial charge < -0.3 is 20.1 Å². The van der Waals surface area contributed by atoms with Crippen molar-refractivity contribution >= 4 is 5.91 Å². The van der Waals surface area contributed by atoms with E-state index in [1.807, 2.05) is 6.92 Å². The van der Waals surface area contributed by atoms with Crippen LogP contribution in [0.25, 0.3) is 0 Å². The number of hydrogen-bond donors (Lipinski definition) is 2. The number of methoxy groups -OCH3 is 1. The van der Waals surface area contributed by atoms with Gasteiger partial charge in [-0.05, 0) is 18.8 Å². The molecule has 98 valence electrons. The first kappa shape index (κ1) is 12.8. The second-order valence-electron chi connectivity index (χ2n) is 5.17. The lowest BCUT2D eigenvalue weighted by atomic mass is 9.95. The molecule has 0 bridgehead atoms. The number of rotatable bonds is 2. The first-order valence-corrected chi connectivity index (χ1v) is 6.35. The predicted octanol–water partition coefficient (Wildman–Crippen LogP) is -0.407. The molecule has 5 nitrogen and oxygen atoms in total. The van der Waals surface area contributed by atoms with Crippen molar-refractivity contribution in [3.8, 4) is 0 Å². The largest absolute Gasteiger partial charge is 0.391 e. The zero-order valence-corrected chi connectivity index (χ0v) is 10.6. The molecule has 0 aromatic heterocycles. The van der Waals surface area contributed by atoms with Crippen molar-refractivity contribution in [1.82, 2.24) is 10.2 Å². The molecule has 4 unspecified atom stereocenters. The topological polar surface area (TPSA) is 61.8 Å². The Balaban J connectivity index is 1.88. The summed E-state index contributed by atoms with van der Waals surface area (Å²) >= 11 is 0. The minimum absolute atomic E-state index is 0.107.